The average molecular weight is 249 g/mol. The number of methoxy groups -OCH3 is 1. The van der Waals surface area contributed by atoms with Gasteiger partial charge in [-0.2, -0.15) is 0 Å². The minimum atomic E-state index is -0.0586. The Morgan fingerprint density at radius 1 is 1.22 bits per heavy atom. The lowest BCUT2D eigenvalue weighted by molar-refractivity contribution is 0.359. The van der Waals surface area contributed by atoms with Crippen molar-refractivity contribution in [3.8, 4) is 5.88 Å². The highest BCUT2D eigenvalue weighted by atomic mass is 16.5. The van der Waals surface area contributed by atoms with Crippen LogP contribution < -0.4 is 10.5 Å². The maximum Gasteiger partial charge on any atom is 0.236 e. The first-order valence-corrected chi connectivity index (χ1v) is 6.91. The molecule has 1 aromatic heterocycles. The third-order valence-electron chi connectivity index (χ3n) is 3.80. The van der Waals surface area contributed by atoms with Gasteiger partial charge in [-0.05, 0) is 12.3 Å². The first-order chi connectivity index (χ1) is 8.81. The highest BCUT2D eigenvalue weighted by Gasteiger charge is 2.20. The van der Waals surface area contributed by atoms with Crippen LogP contribution in [0, 0.1) is 5.92 Å². The Hall–Kier alpha value is -1.16. The first kappa shape index (κ1) is 13.3. The largest absolute Gasteiger partial charge is 0.480 e. The monoisotopic (exact) mass is 249 g/mol. The highest BCUT2D eigenvalue weighted by molar-refractivity contribution is 5.20. The van der Waals surface area contributed by atoms with Gasteiger partial charge < -0.3 is 10.5 Å². The summed E-state index contributed by atoms with van der Waals surface area (Å²) in [5.41, 5.74) is 7.07. The van der Waals surface area contributed by atoms with Crippen molar-refractivity contribution in [2.24, 2.45) is 11.7 Å². The van der Waals surface area contributed by atoms with Crippen molar-refractivity contribution in [1.82, 2.24) is 9.97 Å². The van der Waals surface area contributed by atoms with E-state index in [-0.39, 0.29) is 6.04 Å². The molecule has 1 aliphatic carbocycles. The van der Waals surface area contributed by atoms with Crippen molar-refractivity contribution in [2.75, 3.05) is 7.11 Å². The summed E-state index contributed by atoms with van der Waals surface area (Å²) in [6, 6.07) is -0.0586. The summed E-state index contributed by atoms with van der Waals surface area (Å²) in [5, 5.41) is 0. The van der Waals surface area contributed by atoms with E-state index >= 15 is 0 Å². The third kappa shape index (κ3) is 3.42. The Morgan fingerprint density at radius 3 is 2.56 bits per heavy atom. The molecule has 0 radical (unpaired) electrons. The van der Waals surface area contributed by atoms with E-state index in [0.29, 0.717) is 5.88 Å². The molecular formula is C14H23N3O. The van der Waals surface area contributed by atoms with E-state index < -0.39 is 0 Å². The fourth-order valence-electron chi connectivity index (χ4n) is 2.82. The number of hydrogen-bond acceptors (Lipinski definition) is 4. The summed E-state index contributed by atoms with van der Waals surface area (Å²) in [7, 11) is 1.62. The molecule has 1 atom stereocenters. The number of nitrogens with zero attached hydrogens (tertiary/aromatic N) is 2. The van der Waals surface area contributed by atoms with Crippen molar-refractivity contribution in [2.45, 2.75) is 51.0 Å². The molecule has 1 saturated carbocycles. The maximum absolute atomic E-state index is 6.27. The molecule has 4 heteroatoms. The van der Waals surface area contributed by atoms with E-state index in [0.717, 1.165) is 18.0 Å². The van der Waals surface area contributed by atoms with Gasteiger partial charge in [0.25, 0.3) is 0 Å². The third-order valence-corrected chi connectivity index (χ3v) is 3.80. The Balaban J connectivity index is 1.99. The number of nitrogens with two attached hydrogens (primary N) is 1. The fraction of sp³-hybridized carbons (Fsp3) is 0.714. The van der Waals surface area contributed by atoms with Gasteiger partial charge in [0.15, 0.2) is 0 Å². The van der Waals surface area contributed by atoms with E-state index in [9.17, 15) is 0 Å². The number of hydrogen-bond donors (Lipinski definition) is 1. The molecular weight excluding hydrogens is 226 g/mol. The Labute approximate surface area is 109 Å². The smallest absolute Gasteiger partial charge is 0.236 e. The number of ether oxygens (including phenoxy) is 1. The van der Waals surface area contributed by atoms with E-state index in [2.05, 4.69) is 9.97 Å². The fourth-order valence-corrected chi connectivity index (χ4v) is 2.82. The van der Waals surface area contributed by atoms with Gasteiger partial charge in [0.05, 0.1) is 13.2 Å². The molecule has 0 saturated heterocycles. The van der Waals surface area contributed by atoms with Gasteiger partial charge in [0.2, 0.25) is 5.88 Å². The second kappa shape index (κ2) is 6.69. The van der Waals surface area contributed by atoms with Crippen LogP contribution in [0.3, 0.4) is 0 Å². The molecule has 2 rings (SSSR count). The van der Waals surface area contributed by atoms with Crippen LogP contribution in [0.1, 0.15) is 56.7 Å². The molecule has 1 heterocycles. The average Bonchev–Trinajstić information content (AvgIpc) is 2.67. The zero-order chi connectivity index (χ0) is 12.8. The second-order valence-corrected chi connectivity index (χ2v) is 5.15. The summed E-state index contributed by atoms with van der Waals surface area (Å²) >= 11 is 0. The van der Waals surface area contributed by atoms with Gasteiger partial charge in [-0.15, -0.1) is 0 Å². The zero-order valence-electron chi connectivity index (χ0n) is 11.1. The lowest BCUT2D eigenvalue weighted by atomic mass is 9.92. The van der Waals surface area contributed by atoms with Gasteiger partial charge in [-0.1, -0.05) is 38.5 Å². The molecule has 1 fully saturated rings. The van der Waals surface area contributed by atoms with E-state index in [4.69, 9.17) is 10.5 Å². The van der Waals surface area contributed by atoms with Crippen molar-refractivity contribution >= 4 is 0 Å². The topological polar surface area (TPSA) is 61.0 Å². The van der Waals surface area contributed by atoms with Crippen LogP contribution in [-0.2, 0) is 0 Å². The molecule has 1 aliphatic rings. The van der Waals surface area contributed by atoms with Crippen LogP contribution >= 0.6 is 0 Å². The van der Waals surface area contributed by atoms with Crippen LogP contribution in [0.4, 0.5) is 0 Å². The molecule has 18 heavy (non-hydrogen) atoms. The van der Waals surface area contributed by atoms with Gasteiger partial charge >= 0.3 is 0 Å². The first-order valence-electron chi connectivity index (χ1n) is 6.91. The van der Waals surface area contributed by atoms with Gasteiger partial charge in [-0.3, -0.25) is 4.98 Å². The molecule has 0 amide bonds. The molecule has 0 aliphatic heterocycles. The summed E-state index contributed by atoms with van der Waals surface area (Å²) in [4.78, 5) is 8.49. The molecule has 2 N–H and O–H groups in total. The normalized spacial score (nSPS) is 19.2. The lowest BCUT2D eigenvalue weighted by Crippen LogP contribution is -2.18. The van der Waals surface area contributed by atoms with Gasteiger partial charge in [0.1, 0.15) is 5.69 Å². The minimum absolute atomic E-state index is 0.0586. The standard InChI is InChI=1S/C14H23N3O/c1-18-14-13(16-8-9-17-14)12(15)10-11-6-4-2-3-5-7-11/h8-9,11-12H,2-7,10,15H2,1H3. The maximum atomic E-state index is 6.27. The lowest BCUT2D eigenvalue weighted by Gasteiger charge is -2.19. The van der Waals surface area contributed by atoms with Crippen molar-refractivity contribution < 1.29 is 4.74 Å². The van der Waals surface area contributed by atoms with Crippen LogP contribution in [-0.4, -0.2) is 17.1 Å². The molecule has 100 valence electrons. The Kier molecular flexibility index (Phi) is 4.93. The van der Waals surface area contributed by atoms with E-state index in [1.54, 1.807) is 19.5 Å². The molecule has 0 aromatic carbocycles. The van der Waals surface area contributed by atoms with Crippen LogP contribution in [0.5, 0.6) is 5.88 Å². The van der Waals surface area contributed by atoms with E-state index in [1.165, 1.54) is 38.5 Å². The zero-order valence-corrected chi connectivity index (χ0v) is 11.1. The summed E-state index contributed by atoms with van der Waals surface area (Å²) in [6.07, 6.45) is 12.4. The van der Waals surface area contributed by atoms with Crippen LogP contribution in [0.25, 0.3) is 0 Å². The predicted octanol–water partition coefficient (Wildman–Crippen LogP) is 2.85. The molecule has 1 unspecified atom stereocenters. The van der Waals surface area contributed by atoms with E-state index in [1.807, 2.05) is 0 Å². The number of aromatic nitrogens is 2. The summed E-state index contributed by atoms with van der Waals surface area (Å²) < 4.78 is 5.23. The Morgan fingerprint density at radius 2 is 1.89 bits per heavy atom. The predicted molar refractivity (Wildman–Crippen MR) is 71.3 cm³/mol. The number of rotatable bonds is 4. The second-order valence-electron chi connectivity index (χ2n) is 5.15. The summed E-state index contributed by atoms with van der Waals surface area (Å²) in [5.74, 6) is 1.30. The SMILES string of the molecule is COc1nccnc1C(N)CC1CCCCCC1. The van der Waals surface area contributed by atoms with Gasteiger partial charge in [0, 0.05) is 12.4 Å². The quantitative estimate of drug-likeness (QED) is 0.833. The molecule has 0 bridgehead atoms. The molecule has 0 spiro atoms. The molecule has 1 aromatic rings. The van der Waals surface area contributed by atoms with Crippen LogP contribution in [0.15, 0.2) is 12.4 Å². The van der Waals surface area contributed by atoms with Crippen molar-refractivity contribution in [1.29, 1.82) is 0 Å². The van der Waals surface area contributed by atoms with Crippen molar-refractivity contribution in [3.63, 3.8) is 0 Å². The molecule has 4 nitrogen and oxygen atoms in total. The minimum Gasteiger partial charge on any atom is -0.480 e. The Bertz CT molecular complexity index is 362. The highest BCUT2D eigenvalue weighted by Crippen LogP contribution is 2.31. The summed E-state index contributed by atoms with van der Waals surface area (Å²) in [6.45, 7) is 0. The van der Waals surface area contributed by atoms with Gasteiger partial charge in [-0.25, -0.2) is 4.98 Å². The van der Waals surface area contributed by atoms with Crippen LogP contribution in [0.2, 0.25) is 0 Å². The van der Waals surface area contributed by atoms with Crippen molar-refractivity contribution in [3.05, 3.63) is 18.1 Å².